The van der Waals surface area contributed by atoms with Gasteiger partial charge >= 0.3 is 6.18 Å². The average molecular weight is 407 g/mol. The number of methoxy groups -OCH3 is 1. The number of hydrogen-bond donors (Lipinski definition) is 1. The molecule has 0 aromatic heterocycles. The molecule has 154 valence electrons. The molecule has 3 rings (SSSR count). The average Bonchev–Trinajstić information content (AvgIpc) is 2.68. The lowest BCUT2D eigenvalue weighted by molar-refractivity contribution is -0.127. The van der Waals surface area contributed by atoms with E-state index in [1.165, 1.54) is 37.5 Å². The molecule has 1 N–H and O–H groups in total. The lowest BCUT2D eigenvalue weighted by atomic mass is 9.99. The van der Waals surface area contributed by atoms with E-state index in [-0.39, 0.29) is 17.5 Å². The molecule has 1 heterocycles. The Morgan fingerprint density at radius 2 is 2.00 bits per heavy atom. The normalized spacial score (nSPS) is 15.7. The molecule has 0 bridgehead atoms. The first-order valence-electron chi connectivity index (χ1n) is 8.91. The maximum absolute atomic E-state index is 12.5. The predicted molar refractivity (Wildman–Crippen MR) is 100 cm³/mol. The van der Waals surface area contributed by atoms with Gasteiger partial charge in [-0.15, -0.1) is 0 Å². The van der Waals surface area contributed by atoms with Crippen LogP contribution in [0, 0.1) is 0 Å². The minimum Gasteiger partial charge on any atom is -0.490 e. The van der Waals surface area contributed by atoms with Crippen molar-refractivity contribution in [3.8, 4) is 23.0 Å². The quantitative estimate of drug-likeness (QED) is 0.704. The number of carbonyl (C=O) groups excluding carboxylic acids is 1. The highest BCUT2D eigenvalue weighted by Gasteiger charge is 2.29. The number of fused-ring (bicyclic) bond motifs is 1. The summed E-state index contributed by atoms with van der Waals surface area (Å²) in [6.45, 7) is 3.83. The molecule has 0 fully saturated rings. The Balaban J connectivity index is 1.84. The van der Waals surface area contributed by atoms with Gasteiger partial charge in [0, 0.05) is 12.0 Å². The maximum atomic E-state index is 12.5. The second kappa shape index (κ2) is 8.46. The Kier molecular flexibility index (Phi) is 6.00. The maximum Gasteiger partial charge on any atom is 0.393 e. The first-order chi connectivity index (χ1) is 13.8. The molecule has 1 atom stereocenters. The fourth-order valence-electron chi connectivity index (χ4n) is 3.11. The molecule has 2 aromatic carbocycles. The molecule has 2 aromatic rings. The van der Waals surface area contributed by atoms with Gasteiger partial charge in [0.25, 0.3) is 0 Å². The van der Waals surface area contributed by atoms with Gasteiger partial charge in [0.15, 0.2) is 11.5 Å². The molecular weight excluding hydrogens is 387 g/mol. The van der Waals surface area contributed by atoms with Crippen molar-refractivity contribution in [1.29, 1.82) is 0 Å². The van der Waals surface area contributed by atoms with Crippen molar-refractivity contribution in [2.75, 3.05) is 13.7 Å². The van der Waals surface area contributed by atoms with Crippen LogP contribution in [0.15, 0.2) is 49.1 Å². The molecule has 1 amide bonds. The molecule has 29 heavy (non-hydrogen) atoms. The van der Waals surface area contributed by atoms with Crippen LogP contribution in [0.1, 0.15) is 23.6 Å². The molecule has 0 radical (unpaired) electrons. The summed E-state index contributed by atoms with van der Waals surface area (Å²) in [7, 11) is 1.46. The highest BCUT2D eigenvalue weighted by atomic mass is 19.4. The molecule has 0 saturated carbocycles. The van der Waals surface area contributed by atoms with E-state index in [4.69, 9.17) is 14.2 Å². The molecule has 1 aliphatic rings. The SMILES string of the molecule is C=CC(=O)NC1CCOc2c1ccc(Oc1ccc(CC(F)(F)F)cc1)c2OC. The van der Waals surface area contributed by atoms with Gasteiger partial charge in [0.2, 0.25) is 11.7 Å². The molecule has 1 aliphatic heterocycles. The third-order valence-electron chi connectivity index (χ3n) is 4.40. The zero-order valence-corrected chi connectivity index (χ0v) is 15.7. The van der Waals surface area contributed by atoms with E-state index in [2.05, 4.69) is 11.9 Å². The lowest BCUT2D eigenvalue weighted by Gasteiger charge is -2.28. The summed E-state index contributed by atoms with van der Waals surface area (Å²) in [6, 6.07) is 8.84. The molecule has 0 aliphatic carbocycles. The van der Waals surface area contributed by atoms with Crippen LogP contribution in [0.3, 0.4) is 0 Å². The minimum absolute atomic E-state index is 0.145. The Labute approximate surface area is 166 Å². The van der Waals surface area contributed by atoms with Gasteiger partial charge in [-0.25, -0.2) is 0 Å². The number of nitrogens with one attached hydrogen (secondary N) is 1. The molecule has 1 unspecified atom stereocenters. The van der Waals surface area contributed by atoms with E-state index >= 15 is 0 Å². The van der Waals surface area contributed by atoms with Crippen LogP contribution in [0.2, 0.25) is 0 Å². The van der Waals surface area contributed by atoms with Crippen molar-refractivity contribution in [1.82, 2.24) is 5.32 Å². The minimum atomic E-state index is -4.26. The van der Waals surface area contributed by atoms with Gasteiger partial charge in [-0.3, -0.25) is 4.79 Å². The first kappa shape index (κ1) is 20.6. The first-order valence-corrected chi connectivity index (χ1v) is 8.91. The number of alkyl halides is 3. The van der Waals surface area contributed by atoms with Gasteiger partial charge < -0.3 is 19.5 Å². The summed E-state index contributed by atoms with van der Waals surface area (Å²) < 4.78 is 54.5. The van der Waals surface area contributed by atoms with Gasteiger partial charge in [0.05, 0.1) is 26.2 Å². The summed E-state index contributed by atoms with van der Waals surface area (Å²) >= 11 is 0. The number of ether oxygens (including phenoxy) is 3. The Morgan fingerprint density at radius 3 is 2.62 bits per heavy atom. The Morgan fingerprint density at radius 1 is 1.28 bits per heavy atom. The van der Waals surface area contributed by atoms with Crippen LogP contribution in [0.4, 0.5) is 13.2 Å². The van der Waals surface area contributed by atoms with Crippen molar-refractivity contribution in [2.45, 2.75) is 25.1 Å². The van der Waals surface area contributed by atoms with Crippen LogP contribution in [0.25, 0.3) is 0 Å². The van der Waals surface area contributed by atoms with Crippen molar-refractivity contribution in [3.63, 3.8) is 0 Å². The number of benzene rings is 2. The summed E-state index contributed by atoms with van der Waals surface area (Å²) in [5.74, 6) is 1.23. The van der Waals surface area contributed by atoms with Crippen LogP contribution < -0.4 is 19.5 Å². The highest BCUT2D eigenvalue weighted by molar-refractivity contribution is 5.87. The van der Waals surface area contributed by atoms with Gasteiger partial charge in [-0.05, 0) is 35.9 Å². The van der Waals surface area contributed by atoms with Crippen LogP contribution in [0.5, 0.6) is 23.0 Å². The van der Waals surface area contributed by atoms with E-state index in [1.807, 2.05) is 0 Å². The van der Waals surface area contributed by atoms with E-state index < -0.39 is 12.6 Å². The lowest BCUT2D eigenvalue weighted by Crippen LogP contribution is -2.31. The molecular formula is C21H20F3NO4. The van der Waals surface area contributed by atoms with Gasteiger partial charge in [0.1, 0.15) is 5.75 Å². The summed E-state index contributed by atoms with van der Waals surface area (Å²) in [5, 5.41) is 2.84. The summed E-state index contributed by atoms with van der Waals surface area (Å²) in [4.78, 5) is 11.7. The third kappa shape index (κ3) is 5.01. The van der Waals surface area contributed by atoms with E-state index in [9.17, 15) is 18.0 Å². The Hall–Kier alpha value is -3.16. The zero-order chi connectivity index (χ0) is 21.0. The summed E-state index contributed by atoms with van der Waals surface area (Å²) in [5.41, 5.74) is 0.891. The largest absolute Gasteiger partial charge is 0.490 e. The van der Waals surface area contributed by atoms with E-state index in [1.54, 1.807) is 12.1 Å². The van der Waals surface area contributed by atoms with Crippen molar-refractivity contribution in [2.24, 2.45) is 0 Å². The molecule has 0 spiro atoms. The number of hydrogen-bond acceptors (Lipinski definition) is 4. The third-order valence-corrected chi connectivity index (χ3v) is 4.40. The number of halogens is 3. The number of carbonyl (C=O) groups is 1. The van der Waals surface area contributed by atoms with E-state index in [0.29, 0.717) is 36.0 Å². The van der Waals surface area contributed by atoms with Crippen molar-refractivity contribution in [3.05, 3.63) is 60.2 Å². The highest BCUT2D eigenvalue weighted by Crippen LogP contribution is 2.46. The van der Waals surface area contributed by atoms with Gasteiger partial charge in [-0.2, -0.15) is 13.2 Å². The van der Waals surface area contributed by atoms with Crippen LogP contribution in [-0.4, -0.2) is 25.8 Å². The van der Waals surface area contributed by atoms with Crippen LogP contribution >= 0.6 is 0 Å². The van der Waals surface area contributed by atoms with E-state index in [0.717, 1.165) is 5.56 Å². The fraction of sp³-hybridized carbons (Fsp3) is 0.286. The summed E-state index contributed by atoms with van der Waals surface area (Å²) in [6.07, 6.45) is -3.47. The topological polar surface area (TPSA) is 56.8 Å². The smallest absolute Gasteiger partial charge is 0.393 e. The van der Waals surface area contributed by atoms with Gasteiger partial charge in [-0.1, -0.05) is 18.7 Å². The molecule has 0 saturated heterocycles. The number of rotatable bonds is 6. The van der Waals surface area contributed by atoms with Crippen molar-refractivity contribution >= 4 is 5.91 Å². The number of amides is 1. The molecule has 8 heteroatoms. The Bertz CT molecular complexity index is 894. The zero-order valence-electron chi connectivity index (χ0n) is 15.7. The molecule has 5 nitrogen and oxygen atoms in total. The second-order valence-corrected chi connectivity index (χ2v) is 6.46. The standard InChI is InChI=1S/C21H20F3NO4/c1-3-18(26)25-16-10-11-28-19-15(16)8-9-17(20(19)27-2)29-14-6-4-13(5-7-14)12-21(22,23)24/h3-9,16H,1,10-12H2,2H3,(H,25,26). The second-order valence-electron chi connectivity index (χ2n) is 6.46. The predicted octanol–water partition coefficient (Wildman–Crippen LogP) is 4.72. The fourth-order valence-corrected chi connectivity index (χ4v) is 3.11. The monoisotopic (exact) mass is 407 g/mol. The van der Waals surface area contributed by atoms with Crippen molar-refractivity contribution < 1.29 is 32.2 Å². The van der Waals surface area contributed by atoms with Crippen LogP contribution in [-0.2, 0) is 11.2 Å².